The van der Waals surface area contributed by atoms with Crippen molar-refractivity contribution >= 4 is 11.6 Å². The molecule has 5 heteroatoms. The highest BCUT2D eigenvalue weighted by atomic mass is 16.2. The van der Waals surface area contributed by atoms with Crippen molar-refractivity contribution in [2.24, 2.45) is 7.05 Å². The van der Waals surface area contributed by atoms with Crippen molar-refractivity contribution in [2.45, 2.75) is 13.5 Å². The number of hydrogen-bond acceptors (Lipinski definition) is 3. The normalized spacial score (nSPS) is 10.5. The zero-order chi connectivity index (χ0) is 17.8. The van der Waals surface area contributed by atoms with Crippen molar-refractivity contribution in [3.63, 3.8) is 0 Å². The topological polar surface area (TPSA) is 55.2 Å². The van der Waals surface area contributed by atoms with Crippen LogP contribution in [-0.4, -0.2) is 15.7 Å². The first-order valence-electron chi connectivity index (χ1n) is 8.01. The van der Waals surface area contributed by atoms with Gasteiger partial charge in [-0.3, -0.25) is 9.59 Å². The van der Waals surface area contributed by atoms with Crippen LogP contribution in [0, 0.1) is 6.92 Å². The molecule has 3 aromatic rings. The number of aryl methyl sites for hydroxylation is 2. The molecule has 0 aliphatic rings. The Hall–Kier alpha value is -3.21. The van der Waals surface area contributed by atoms with Crippen molar-refractivity contribution in [1.82, 2.24) is 9.78 Å². The van der Waals surface area contributed by atoms with E-state index in [1.807, 2.05) is 61.5 Å². The van der Waals surface area contributed by atoms with E-state index in [1.165, 1.54) is 23.9 Å². The van der Waals surface area contributed by atoms with Crippen LogP contribution < -0.4 is 10.5 Å². The van der Waals surface area contributed by atoms with Gasteiger partial charge in [-0.15, -0.1) is 0 Å². The van der Waals surface area contributed by atoms with Gasteiger partial charge in [0.1, 0.15) is 5.69 Å². The second-order valence-electron chi connectivity index (χ2n) is 5.90. The highest BCUT2D eigenvalue weighted by Gasteiger charge is 2.20. The van der Waals surface area contributed by atoms with Gasteiger partial charge in [0, 0.05) is 18.8 Å². The van der Waals surface area contributed by atoms with Gasteiger partial charge in [-0.05, 0) is 36.2 Å². The molecule has 0 spiro atoms. The Kier molecular flexibility index (Phi) is 4.75. The summed E-state index contributed by atoms with van der Waals surface area (Å²) in [6.07, 6.45) is 0. The first-order chi connectivity index (χ1) is 12.0. The first-order valence-corrected chi connectivity index (χ1v) is 8.01. The van der Waals surface area contributed by atoms with Crippen LogP contribution in [0.3, 0.4) is 0 Å². The highest BCUT2D eigenvalue weighted by Crippen LogP contribution is 2.20. The Morgan fingerprint density at radius 1 is 1.04 bits per heavy atom. The maximum Gasteiger partial charge on any atom is 0.279 e. The van der Waals surface area contributed by atoms with E-state index >= 15 is 0 Å². The lowest BCUT2D eigenvalue weighted by molar-refractivity contribution is 0.0978. The smallest absolute Gasteiger partial charge is 0.279 e. The van der Waals surface area contributed by atoms with E-state index in [2.05, 4.69) is 5.10 Å². The van der Waals surface area contributed by atoms with Gasteiger partial charge in [-0.25, -0.2) is 4.68 Å². The molecule has 0 N–H and O–H groups in total. The molecule has 1 heterocycles. The Morgan fingerprint density at radius 2 is 1.80 bits per heavy atom. The molecule has 0 unspecified atom stereocenters. The Bertz CT molecular complexity index is 948. The summed E-state index contributed by atoms with van der Waals surface area (Å²) in [5.41, 5.74) is 2.87. The minimum atomic E-state index is -0.248. The lowest BCUT2D eigenvalue weighted by Crippen LogP contribution is -2.33. The van der Waals surface area contributed by atoms with E-state index in [4.69, 9.17) is 0 Å². The molecule has 0 fully saturated rings. The molecule has 0 aliphatic heterocycles. The van der Waals surface area contributed by atoms with Crippen molar-refractivity contribution in [3.05, 3.63) is 93.9 Å². The van der Waals surface area contributed by atoms with E-state index in [0.717, 1.165) is 16.8 Å². The lowest BCUT2D eigenvalue weighted by atomic mass is 10.1. The third-order valence-electron chi connectivity index (χ3n) is 3.92. The molecule has 0 radical (unpaired) electrons. The third kappa shape index (κ3) is 3.83. The Labute approximate surface area is 146 Å². The number of carbonyl (C=O) groups is 1. The number of nitrogens with zero attached hydrogens (tertiary/aromatic N) is 3. The number of rotatable bonds is 4. The SMILES string of the molecule is Cc1cccc(N(Cc2ccccc2)C(=O)c2ccc(=O)n(C)n2)c1. The molecule has 0 bridgehead atoms. The molecular formula is C20H19N3O2. The average molecular weight is 333 g/mol. The van der Waals surface area contributed by atoms with E-state index in [-0.39, 0.29) is 17.2 Å². The van der Waals surface area contributed by atoms with Crippen molar-refractivity contribution in [1.29, 1.82) is 0 Å². The summed E-state index contributed by atoms with van der Waals surface area (Å²) in [4.78, 5) is 26.3. The van der Waals surface area contributed by atoms with Gasteiger partial charge < -0.3 is 4.90 Å². The van der Waals surface area contributed by atoms with Gasteiger partial charge in [0.25, 0.3) is 11.5 Å². The number of aromatic nitrogens is 2. The molecule has 1 amide bonds. The van der Waals surface area contributed by atoms with Crippen molar-refractivity contribution in [2.75, 3.05) is 4.90 Å². The van der Waals surface area contributed by atoms with Gasteiger partial charge in [0.05, 0.1) is 6.54 Å². The summed E-state index contributed by atoms with van der Waals surface area (Å²) in [5.74, 6) is -0.245. The summed E-state index contributed by atoms with van der Waals surface area (Å²) in [6, 6.07) is 20.4. The van der Waals surface area contributed by atoms with Crippen molar-refractivity contribution in [3.8, 4) is 0 Å². The largest absolute Gasteiger partial charge is 0.303 e. The lowest BCUT2D eigenvalue weighted by Gasteiger charge is -2.23. The van der Waals surface area contributed by atoms with Crippen LogP contribution in [-0.2, 0) is 13.6 Å². The predicted octanol–water partition coefficient (Wildman–Crippen LogP) is 2.94. The van der Waals surface area contributed by atoms with Gasteiger partial charge in [0.15, 0.2) is 0 Å². The molecule has 0 saturated carbocycles. The third-order valence-corrected chi connectivity index (χ3v) is 3.92. The Balaban J connectivity index is 2.01. The van der Waals surface area contributed by atoms with E-state index < -0.39 is 0 Å². The average Bonchev–Trinajstić information content (AvgIpc) is 2.62. The molecule has 2 aromatic carbocycles. The molecule has 5 nitrogen and oxygen atoms in total. The van der Waals surface area contributed by atoms with Crippen LogP contribution in [0.4, 0.5) is 5.69 Å². The molecule has 3 rings (SSSR count). The zero-order valence-electron chi connectivity index (χ0n) is 14.2. The zero-order valence-corrected chi connectivity index (χ0v) is 14.2. The second kappa shape index (κ2) is 7.13. The van der Waals surface area contributed by atoms with Gasteiger partial charge in [-0.2, -0.15) is 5.10 Å². The van der Waals surface area contributed by atoms with Crippen LogP contribution in [0.25, 0.3) is 0 Å². The summed E-state index contributed by atoms with van der Waals surface area (Å²) in [5, 5.41) is 4.10. The van der Waals surface area contributed by atoms with Crippen LogP contribution >= 0.6 is 0 Å². The number of hydrogen-bond donors (Lipinski definition) is 0. The fourth-order valence-electron chi connectivity index (χ4n) is 2.60. The number of amides is 1. The molecular weight excluding hydrogens is 314 g/mol. The van der Waals surface area contributed by atoms with Crippen LogP contribution in [0.1, 0.15) is 21.6 Å². The van der Waals surface area contributed by atoms with Crippen LogP contribution in [0.5, 0.6) is 0 Å². The number of anilines is 1. The first kappa shape index (κ1) is 16.6. The molecule has 1 aromatic heterocycles. The van der Waals surface area contributed by atoms with E-state index in [0.29, 0.717) is 6.54 Å². The van der Waals surface area contributed by atoms with Gasteiger partial charge in [-0.1, -0.05) is 42.5 Å². The summed E-state index contributed by atoms with van der Waals surface area (Å²) in [7, 11) is 1.54. The number of benzene rings is 2. The second-order valence-corrected chi connectivity index (χ2v) is 5.90. The molecule has 0 aliphatic carbocycles. The van der Waals surface area contributed by atoms with Crippen LogP contribution in [0.15, 0.2) is 71.5 Å². The summed E-state index contributed by atoms with van der Waals surface area (Å²) >= 11 is 0. The van der Waals surface area contributed by atoms with Gasteiger partial charge >= 0.3 is 0 Å². The van der Waals surface area contributed by atoms with E-state index in [1.54, 1.807) is 4.90 Å². The van der Waals surface area contributed by atoms with Crippen LogP contribution in [0.2, 0.25) is 0 Å². The quantitative estimate of drug-likeness (QED) is 0.738. The molecule has 126 valence electrons. The van der Waals surface area contributed by atoms with Crippen molar-refractivity contribution < 1.29 is 4.79 Å². The highest BCUT2D eigenvalue weighted by molar-refractivity contribution is 6.04. The fourth-order valence-corrected chi connectivity index (χ4v) is 2.60. The predicted molar refractivity (Wildman–Crippen MR) is 97.6 cm³/mol. The maximum absolute atomic E-state index is 13.1. The monoisotopic (exact) mass is 333 g/mol. The summed E-state index contributed by atoms with van der Waals surface area (Å²) < 4.78 is 1.17. The minimum absolute atomic E-state index is 0.236. The molecule has 0 saturated heterocycles. The fraction of sp³-hybridized carbons (Fsp3) is 0.150. The standard InChI is InChI=1S/C20H19N3O2/c1-15-7-6-10-17(13-15)23(14-16-8-4-3-5-9-16)20(25)18-11-12-19(24)22(2)21-18/h3-13H,14H2,1-2H3. The Morgan fingerprint density at radius 3 is 2.48 bits per heavy atom. The molecule has 0 atom stereocenters. The maximum atomic E-state index is 13.1. The number of carbonyl (C=O) groups excluding carboxylic acids is 1. The molecule has 25 heavy (non-hydrogen) atoms. The van der Waals surface area contributed by atoms with E-state index in [9.17, 15) is 9.59 Å². The minimum Gasteiger partial charge on any atom is -0.303 e. The van der Waals surface area contributed by atoms with Gasteiger partial charge in [0.2, 0.25) is 0 Å². The summed E-state index contributed by atoms with van der Waals surface area (Å²) in [6.45, 7) is 2.41.